The quantitative estimate of drug-likeness (QED) is 0.553. The van der Waals surface area contributed by atoms with E-state index in [9.17, 15) is 0 Å². The minimum Gasteiger partial charge on any atom is -0.383 e. The van der Waals surface area contributed by atoms with Crippen molar-refractivity contribution in [3.8, 4) is 22.5 Å². The number of anilines is 1. The molecule has 0 bridgehead atoms. The van der Waals surface area contributed by atoms with E-state index in [0.29, 0.717) is 30.0 Å². The Bertz CT molecular complexity index is 1160. The van der Waals surface area contributed by atoms with Crippen LogP contribution in [0, 0.1) is 0 Å². The molecule has 5 heterocycles. The molecule has 1 atom stereocenters. The van der Waals surface area contributed by atoms with Gasteiger partial charge in [0, 0.05) is 36.6 Å². The minimum absolute atomic E-state index is 0.133. The van der Waals surface area contributed by atoms with Crippen LogP contribution in [0.5, 0.6) is 0 Å². The van der Waals surface area contributed by atoms with Crippen molar-refractivity contribution < 1.29 is 4.74 Å². The molecule has 0 spiro atoms. The SMILES string of the molecule is Nc1ncnc2nc(-c3cccnc3C3CNCCO3)cc(-c3ccccn3)c12. The lowest BCUT2D eigenvalue weighted by atomic mass is 10.0. The van der Waals surface area contributed by atoms with Gasteiger partial charge in [-0.2, -0.15) is 0 Å². The summed E-state index contributed by atoms with van der Waals surface area (Å²) < 4.78 is 5.94. The van der Waals surface area contributed by atoms with Gasteiger partial charge >= 0.3 is 0 Å². The van der Waals surface area contributed by atoms with Gasteiger partial charge < -0.3 is 15.8 Å². The highest BCUT2D eigenvalue weighted by Gasteiger charge is 2.23. The molecular formula is C21H19N7O. The number of rotatable bonds is 3. The van der Waals surface area contributed by atoms with Crippen LogP contribution in [-0.2, 0) is 4.74 Å². The Morgan fingerprint density at radius 1 is 0.966 bits per heavy atom. The molecular weight excluding hydrogens is 366 g/mol. The van der Waals surface area contributed by atoms with Gasteiger partial charge in [0.2, 0.25) is 0 Å². The van der Waals surface area contributed by atoms with E-state index in [2.05, 4.69) is 25.3 Å². The summed E-state index contributed by atoms with van der Waals surface area (Å²) in [5.41, 5.74) is 10.8. The number of morpholine rings is 1. The minimum atomic E-state index is -0.133. The smallest absolute Gasteiger partial charge is 0.165 e. The summed E-state index contributed by atoms with van der Waals surface area (Å²) >= 11 is 0. The zero-order valence-corrected chi connectivity index (χ0v) is 15.6. The van der Waals surface area contributed by atoms with E-state index in [1.165, 1.54) is 6.33 Å². The Hall–Kier alpha value is -3.49. The second-order valence-corrected chi connectivity index (χ2v) is 6.73. The van der Waals surface area contributed by atoms with Crippen LogP contribution in [0.3, 0.4) is 0 Å². The first kappa shape index (κ1) is 17.6. The van der Waals surface area contributed by atoms with Crippen LogP contribution in [-0.4, -0.2) is 44.6 Å². The number of ether oxygens (including phenoxy) is 1. The van der Waals surface area contributed by atoms with Gasteiger partial charge in [-0.3, -0.25) is 9.97 Å². The van der Waals surface area contributed by atoms with E-state index in [0.717, 1.165) is 34.8 Å². The van der Waals surface area contributed by atoms with Crippen LogP contribution in [0.4, 0.5) is 5.82 Å². The summed E-state index contributed by atoms with van der Waals surface area (Å²) in [6, 6.07) is 11.6. The number of nitrogens with one attached hydrogen (secondary N) is 1. The highest BCUT2D eigenvalue weighted by atomic mass is 16.5. The van der Waals surface area contributed by atoms with Crippen molar-refractivity contribution in [2.24, 2.45) is 0 Å². The number of nitrogen functional groups attached to an aromatic ring is 1. The highest BCUT2D eigenvalue weighted by Crippen LogP contribution is 2.35. The number of aromatic nitrogens is 5. The van der Waals surface area contributed by atoms with Crippen LogP contribution in [0.1, 0.15) is 11.8 Å². The van der Waals surface area contributed by atoms with Gasteiger partial charge in [-0.15, -0.1) is 0 Å². The van der Waals surface area contributed by atoms with Gasteiger partial charge in [-0.05, 0) is 30.3 Å². The maximum atomic E-state index is 6.17. The molecule has 1 fully saturated rings. The molecule has 4 aromatic heterocycles. The summed E-state index contributed by atoms with van der Waals surface area (Å²) in [4.78, 5) is 22.4. The number of nitrogens with two attached hydrogens (primary N) is 1. The van der Waals surface area contributed by atoms with Gasteiger partial charge in [0.25, 0.3) is 0 Å². The summed E-state index contributed by atoms with van der Waals surface area (Å²) in [7, 11) is 0. The van der Waals surface area contributed by atoms with E-state index in [4.69, 9.17) is 15.5 Å². The zero-order valence-electron chi connectivity index (χ0n) is 15.6. The summed E-state index contributed by atoms with van der Waals surface area (Å²) in [5, 5.41) is 4.04. The lowest BCUT2D eigenvalue weighted by molar-refractivity contribution is 0.0254. The van der Waals surface area contributed by atoms with E-state index < -0.39 is 0 Å². The molecule has 0 amide bonds. The van der Waals surface area contributed by atoms with Gasteiger partial charge in [-0.25, -0.2) is 15.0 Å². The molecule has 1 unspecified atom stereocenters. The lowest BCUT2D eigenvalue weighted by Crippen LogP contribution is -2.34. The standard InChI is InChI=1S/C21H19N7O/c22-20-18-14(15-5-1-2-6-24-15)10-16(28-21(18)27-12-26-20)13-4-3-7-25-19(13)17-11-23-8-9-29-17/h1-7,10,12,17,23H,8-9,11H2,(H2,22,26,27,28). The zero-order chi connectivity index (χ0) is 19.6. The van der Waals surface area contributed by atoms with Crippen molar-refractivity contribution in [3.05, 3.63) is 60.8 Å². The predicted molar refractivity (Wildman–Crippen MR) is 110 cm³/mol. The fourth-order valence-corrected chi connectivity index (χ4v) is 3.58. The maximum absolute atomic E-state index is 6.17. The fourth-order valence-electron chi connectivity index (χ4n) is 3.58. The van der Waals surface area contributed by atoms with E-state index in [1.807, 2.05) is 36.4 Å². The normalized spacial score (nSPS) is 16.8. The summed E-state index contributed by atoms with van der Waals surface area (Å²) in [6.45, 7) is 2.20. The third kappa shape index (κ3) is 3.28. The van der Waals surface area contributed by atoms with Crippen molar-refractivity contribution in [2.75, 3.05) is 25.4 Å². The Morgan fingerprint density at radius 2 is 1.90 bits per heavy atom. The molecule has 0 radical (unpaired) electrons. The Labute approximate surface area is 167 Å². The number of hydrogen-bond acceptors (Lipinski definition) is 8. The molecule has 0 aromatic carbocycles. The fraction of sp³-hybridized carbons (Fsp3) is 0.190. The third-order valence-electron chi connectivity index (χ3n) is 4.92. The topological polar surface area (TPSA) is 112 Å². The molecule has 8 nitrogen and oxygen atoms in total. The Balaban J connectivity index is 1.74. The Kier molecular flexibility index (Phi) is 4.55. The molecule has 1 saturated heterocycles. The average molecular weight is 385 g/mol. The van der Waals surface area contributed by atoms with Gasteiger partial charge in [0.1, 0.15) is 18.2 Å². The lowest BCUT2D eigenvalue weighted by Gasteiger charge is -2.24. The largest absolute Gasteiger partial charge is 0.383 e. The van der Waals surface area contributed by atoms with Crippen molar-refractivity contribution in [2.45, 2.75) is 6.10 Å². The van der Waals surface area contributed by atoms with Crippen LogP contribution >= 0.6 is 0 Å². The first-order valence-corrected chi connectivity index (χ1v) is 9.41. The first-order chi connectivity index (χ1) is 14.3. The number of hydrogen-bond donors (Lipinski definition) is 2. The summed E-state index contributed by atoms with van der Waals surface area (Å²) in [6.07, 6.45) is 4.82. The van der Waals surface area contributed by atoms with Crippen molar-refractivity contribution in [1.82, 2.24) is 30.2 Å². The molecule has 0 aliphatic carbocycles. The van der Waals surface area contributed by atoms with Crippen LogP contribution in [0.15, 0.2) is 55.1 Å². The molecule has 3 N–H and O–H groups in total. The van der Waals surface area contributed by atoms with Gasteiger partial charge in [-0.1, -0.05) is 6.07 Å². The number of fused-ring (bicyclic) bond motifs is 1. The molecule has 0 saturated carbocycles. The molecule has 4 aromatic rings. The van der Waals surface area contributed by atoms with Crippen LogP contribution < -0.4 is 11.1 Å². The molecule has 8 heteroatoms. The highest BCUT2D eigenvalue weighted by molar-refractivity contribution is 6.00. The maximum Gasteiger partial charge on any atom is 0.165 e. The van der Waals surface area contributed by atoms with Gasteiger partial charge in [0.15, 0.2) is 5.65 Å². The monoisotopic (exact) mass is 385 g/mol. The van der Waals surface area contributed by atoms with Crippen molar-refractivity contribution >= 4 is 16.9 Å². The number of pyridine rings is 3. The van der Waals surface area contributed by atoms with Crippen LogP contribution in [0.25, 0.3) is 33.5 Å². The van der Waals surface area contributed by atoms with E-state index in [1.54, 1.807) is 12.4 Å². The Morgan fingerprint density at radius 3 is 2.72 bits per heavy atom. The van der Waals surface area contributed by atoms with Crippen molar-refractivity contribution in [1.29, 1.82) is 0 Å². The van der Waals surface area contributed by atoms with E-state index in [-0.39, 0.29) is 6.10 Å². The van der Waals surface area contributed by atoms with Crippen LogP contribution in [0.2, 0.25) is 0 Å². The summed E-state index contributed by atoms with van der Waals surface area (Å²) in [5.74, 6) is 0.376. The molecule has 144 valence electrons. The second-order valence-electron chi connectivity index (χ2n) is 6.73. The molecule has 1 aliphatic rings. The first-order valence-electron chi connectivity index (χ1n) is 9.41. The molecule has 29 heavy (non-hydrogen) atoms. The predicted octanol–water partition coefficient (Wildman–Crippen LogP) is 2.39. The van der Waals surface area contributed by atoms with Crippen molar-refractivity contribution in [3.63, 3.8) is 0 Å². The third-order valence-corrected chi connectivity index (χ3v) is 4.92. The molecule has 1 aliphatic heterocycles. The van der Waals surface area contributed by atoms with Gasteiger partial charge in [0.05, 0.1) is 29.1 Å². The molecule has 5 rings (SSSR count). The second kappa shape index (κ2) is 7.50. The number of nitrogens with zero attached hydrogens (tertiary/aromatic N) is 5. The van der Waals surface area contributed by atoms with E-state index >= 15 is 0 Å². The average Bonchev–Trinajstić information content (AvgIpc) is 2.80.